The molecule has 3 aliphatic rings. The third kappa shape index (κ3) is 2.19. The van der Waals surface area contributed by atoms with E-state index in [9.17, 15) is 4.79 Å². The third-order valence-electron chi connectivity index (χ3n) is 5.20. The maximum Gasteiger partial charge on any atom is 0.263 e. The number of piperidine rings is 1. The average molecular weight is 290 g/mol. The molecule has 3 nitrogen and oxygen atoms in total. The van der Waals surface area contributed by atoms with Gasteiger partial charge in [0.2, 0.25) is 0 Å². The lowest BCUT2D eigenvalue weighted by atomic mass is 9.88. The zero-order valence-corrected chi connectivity index (χ0v) is 12.7. The van der Waals surface area contributed by atoms with Crippen molar-refractivity contribution in [1.29, 1.82) is 0 Å². The highest BCUT2D eigenvalue weighted by molar-refractivity contribution is 7.14. The van der Waals surface area contributed by atoms with Gasteiger partial charge in [-0.2, -0.15) is 0 Å². The molecule has 0 bridgehead atoms. The summed E-state index contributed by atoms with van der Waals surface area (Å²) in [6.07, 6.45) is 6.11. The molecule has 2 atom stereocenters. The Kier molecular flexibility index (Phi) is 3.31. The summed E-state index contributed by atoms with van der Waals surface area (Å²) in [4.78, 5) is 17.3. The number of carbonyl (C=O) groups excluding carboxylic acids is 1. The predicted molar refractivity (Wildman–Crippen MR) is 81.3 cm³/mol. The number of hydrogen-bond donors (Lipinski definition) is 1. The number of amides is 1. The minimum atomic E-state index is 0.287. The van der Waals surface area contributed by atoms with E-state index in [1.807, 2.05) is 0 Å². The molecule has 4 rings (SSSR count). The Balaban J connectivity index is 1.50. The van der Waals surface area contributed by atoms with Gasteiger partial charge in [-0.15, -0.1) is 11.3 Å². The summed E-state index contributed by atoms with van der Waals surface area (Å²) in [7, 11) is 0. The molecule has 1 aliphatic carbocycles. The molecule has 3 heterocycles. The van der Waals surface area contributed by atoms with Crippen molar-refractivity contribution in [2.75, 3.05) is 26.2 Å². The first-order valence-electron chi connectivity index (χ1n) is 7.93. The summed E-state index contributed by atoms with van der Waals surface area (Å²) in [6, 6.07) is 2.18. The molecule has 0 saturated carbocycles. The van der Waals surface area contributed by atoms with Gasteiger partial charge in [-0.05, 0) is 68.7 Å². The molecule has 4 heteroatoms. The second-order valence-electron chi connectivity index (χ2n) is 6.48. The Bertz CT molecular complexity index is 501. The highest BCUT2D eigenvalue weighted by Gasteiger charge is 2.35. The summed E-state index contributed by atoms with van der Waals surface area (Å²) in [5.41, 5.74) is 1.45. The number of nitrogens with one attached hydrogen (secondary N) is 1. The minimum Gasteiger partial charge on any atom is -0.338 e. The lowest BCUT2D eigenvalue weighted by molar-refractivity contribution is 0.0647. The molecular weight excluding hydrogens is 268 g/mol. The van der Waals surface area contributed by atoms with Crippen molar-refractivity contribution in [3.05, 3.63) is 21.4 Å². The van der Waals surface area contributed by atoms with Crippen LogP contribution >= 0.6 is 11.3 Å². The number of fused-ring (bicyclic) bond motifs is 2. The van der Waals surface area contributed by atoms with E-state index >= 15 is 0 Å². The van der Waals surface area contributed by atoms with Crippen molar-refractivity contribution in [3.63, 3.8) is 0 Å². The maximum atomic E-state index is 12.7. The van der Waals surface area contributed by atoms with Crippen LogP contribution in [0.4, 0.5) is 0 Å². The quantitative estimate of drug-likeness (QED) is 0.861. The zero-order chi connectivity index (χ0) is 13.5. The summed E-state index contributed by atoms with van der Waals surface area (Å²) in [5.74, 6) is 1.77. The average Bonchev–Trinajstić information content (AvgIpc) is 3.11. The number of aryl methyl sites for hydroxylation is 2. The Morgan fingerprint density at radius 2 is 2.10 bits per heavy atom. The molecule has 2 fully saturated rings. The van der Waals surface area contributed by atoms with Crippen molar-refractivity contribution in [2.45, 2.75) is 32.1 Å². The first kappa shape index (κ1) is 12.8. The van der Waals surface area contributed by atoms with Crippen LogP contribution in [-0.4, -0.2) is 37.0 Å². The van der Waals surface area contributed by atoms with Crippen LogP contribution in [0.3, 0.4) is 0 Å². The summed E-state index contributed by atoms with van der Waals surface area (Å²) < 4.78 is 0. The fraction of sp³-hybridized carbons (Fsp3) is 0.688. The second-order valence-corrected chi connectivity index (χ2v) is 7.62. The van der Waals surface area contributed by atoms with Gasteiger partial charge in [0.15, 0.2) is 0 Å². The molecule has 20 heavy (non-hydrogen) atoms. The van der Waals surface area contributed by atoms with Crippen LogP contribution in [0.5, 0.6) is 0 Å². The van der Waals surface area contributed by atoms with Crippen LogP contribution in [-0.2, 0) is 12.8 Å². The molecular formula is C16H22N2OS. The third-order valence-corrected chi connectivity index (χ3v) is 6.42. The SMILES string of the molecule is O=C(c1cc2c(s1)CCCC2)N1CCC2CNCC2C1. The molecule has 1 aromatic heterocycles. The summed E-state index contributed by atoms with van der Waals surface area (Å²) in [5, 5.41) is 3.47. The molecule has 1 aromatic rings. The summed E-state index contributed by atoms with van der Waals surface area (Å²) >= 11 is 1.76. The molecule has 2 saturated heterocycles. The molecule has 0 radical (unpaired) electrons. The molecule has 108 valence electrons. The van der Waals surface area contributed by atoms with Crippen LogP contribution in [0.1, 0.15) is 39.4 Å². The van der Waals surface area contributed by atoms with E-state index in [1.165, 1.54) is 42.5 Å². The van der Waals surface area contributed by atoms with Gasteiger partial charge in [0.1, 0.15) is 0 Å². The summed E-state index contributed by atoms with van der Waals surface area (Å²) in [6.45, 7) is 4.15. The van der Waals surface area contributed by atoms with Gasteiger partial charge in [0.25, 0.3) is 5.91 Å². The largest absolute Gasteiger partial charge is 0.338 e. The monoisotopic (exact) mass is 290 g/mol. The molecule has 0 spiro atoms. The zero-order valence-electron chi connectivity index (χ0n) is 11.9. The number of rotatable bonds is 1. The van der Waals surface area contributed by atoms with E-state index in [4.69, 9.17) is 0 Å². The topological polar surface area (TPSA) is 32.3 Å². The molecule has 1 N–H and O–H groups in total. The fourth-order valence-electron chi connectivity index (χ4n) is 3.97. The number of thiophene rings is 1. The van der Waals surface area contributed by atoms with Crippen molar-refractivity contribution in [1.82, 2.24) is 10.2 Å². The normalized spacial score (nSPS) is 29.1. The van der Waals surface area contributed by atoms with Crippen LogP contribution in [0.25, 0.3) is 0 Å². The van der Waals surface area contributed by atoms with Gasteiger partial charge in [0.05, 0.1) is 4.88 Å². The van der Waals surface area contributed by atoms with E-state index in [-0.39, 0.29) is 5.91 Å². The Hall–Kier alpha value is -0.870. The van der Waals surface area contributed by atoms with Crippen LogP contribution in [0.15, 0.2) is 6.07 Å². The van der Waals surface area contributed by atoms with Gasteiger partial charge in [-0.25, -0.2) is 0 Å². The van der Waals surface area contributed by atoms with Crippen molar-refractivity contribution in [3.8, 4) is 0 Å². The first-order valence-corrected chi connectivity index (χ1v) is 8.74. The number of carbonyl (C=O) groups is 1. The van der Waals surface area contributed by atoms with Gasteiger partial charge >= 0.3 is 0 Å². The second kappa shape index (κ2) is 5.15. The van der Waals surface area contributed by atoms with E-state index in [0.717, 1.165) is 37.0 Å². The molecule has 1 amide bonds. The van der Waals surface area contributed by atoms with Crippen LogP contribution in [0.2, 0.25) is 0 Å². The van der Waals surface area contributed by atoms with Gasteiger partial charge in [-0.3, -0.25) is 4.79 Å². The Morgan fingerprint density at radius 1 is 1.25 bits per heavy atom. The van der Waals surface area contributed by atoms with Crippen molar-refractivity contribution < 1.29 is 4.79 Å². The molecule has 2 aliphatic heterocycles. The van der Waals surface area contributed by atoms with Crippen LogP contribution in [0, 0.1) is 11.8 Å². The van der Waals surface area contributed by atoms with Crippen molar-refractivity contribution in [2.24, 2.45) is 11.8 Å². The standard InChI is InChI=1S/C16H22N2OS/c19-16(15-7-11-3-1-2-4-14(11)20-15)18-6-5-12-8-17-9-13(12)10-18/h7,12-13,17H,1-6,8-10H2. The number of likely N-dealkylation sites (tertiary alicyclic amines) is 1. The van der Waals surface area contributed by atoms with E-state index < -0.39 is 0 Å². The van der Waals surface area contributed by atoms with E-state index in [0.29, 0.717) is 5.92 Å². The smallest absolute Gasteiger partial charge is 0.263 e. The predicted octanol–water partition coefficient (Wildman–Crippen LogP) is 2.31. The van der Waals surface area contributed by atoms with E-state index in [2.05, 4.69) is 16.3 Å². The van der Waals surface area contributed by atoms with Gasteiger partial charge < -0.3 is 10.2 Å². The number of nitrogens with zero attached hydrogens (tertiary/aromatic N) is 1. The van der Waals surface area contributed by atoms with Gasteiger partial charge in [-0.1, -0.05) is 0 Å². The minimum absolute atomic E-state index is 0.287. The van der Waals surface area contributed by atoms with Crippen molar-refractivity contribution >= 4 is 17.2 Å². The number of hydrogen-bond acceptors (Lipinski definition) is 3. The van der Waals surface area contributed by atoms with Crippen LogP contribution < -0.4 is 5.32 Å². The fourth-order valence-corrected chi connectivity index (χ4v) is 5.19. The maximum absolute atomic E-state index is 12.7. The van der Waals surface area contributed by atoms with E-state index in [1.54, 1.807) is 11.3 Å². The Labute approximate surface area is 124 Å². The highest BCUT2D eigenvalue weighted by atomic mass is 32.1. The van der Waals surface area contributed by atoms with Gasteiger partial charge in [0, 0.05) is 18.0 Å². The lowest BCUT2D eigenvalue weighted by Crippen LogP contribution is -2.43. The molecule has 2 unspecified atom stereocenters. The Morgan fingerprint density at radius 3 is 3.00 bits per heavy atom. The first-order chi connectivity index (χ1) is 9.81. The lowest BCUT2D eigenvalue weighted by Gasteiger charge is -2.34. The highest BCUT2D eigenvalue weighted by Crippen LogP contribution is 2.32. The molecule has 0 aromatic carbocycles.